The Morgan fingerprint density at radius 2 is 1.80 bits per heavy atom. The minimum atomic E-state index is 0.400. The van der Waals surface area contributed by atoms with E-state index < -0.39 is 0 Å². The van der Waals surface area contributed by atoms with Crippen LogP contribution in [0.4, 0.5) is 0 Å². The van der Waals surface area contributed by atoms with Crippen LogP contribution in [-0.2, 0) is 9.47 Å². The number of halogens is 1. The lowest BCUT2D eigenvalue weighted by atomic mass is 10.5. The monoisotopic (exact) mass is 165 g/mol. The van der Waals surface area contributed by atoms with Crippen molar-refractivity contribution in [3.05, 3.63) is 0 Å². The Hall–Kier alpha value is 0.170. The number of hydrogen-bond acceptors (Lipinski definition) is 3. The summed E-state index contributed by atoms with van der Waals surface area (Å²) in [6.07, 6.45) is 0.812. The van der Waals surface area contributed by atoms with Gasteiger partial charge in [-0.3, -0.25) is 0 Å². The third-order valence-electron chi connectivity index (χ3n) is 1.24. The van der Waals surface area contributed by atoms with Crippen molar-refractivity contribution in [1.82, 2.24) is 0 Å². The van der Waals surface area contributed by atoms with E-state index in [4.69, 9.17) is 26.8 Å². The standard InChI is InChI=1S/C3H5ClO.C3H7NO/c2*4-1-3-2-5-3/h3H,1-2H2;3H,1-2,4H2. The maximum Gasteiger partial charge on any atom is 0.0944 e. The van der Waals surface area contributed by atoms with E-state index in [1.54, 1.807) is 0 Å². The summed E-state index contributed by atoms with van der Waals surface area (Å²) in [5.41, 5.74) is 5.11. The van der Waals surface area contributed by atoms with E-state index in [1.807, 2.05) is 0 Å². The molecule has 0 aromatic heterocycles. The van der Waals surface area contributed by atoms with Crippen LogP contribution in [-0.4, -0.2) is 37.8 Å². The molecule has 2 saturated heterocycles. The average Bonchev–Trinajstić information content (AvgIpc) is 2.86. The minimum absolute atomic E-state index is 0.400. The molecular weight excluding hydrogens is 154 g/mol. The van der Waals surface area contributed by atoms with Gasteiger partial charge in [-0.25, -0.2) is 0 Å². The number of hydrogen-bond donors (Lipinski definition) is 1. The first-order chi connectivity index (χ1) is 4.86. The van der Waals surface area contributed by atoms with Gasteiger partial charge in [0.1, 0.15) is 0 Å². The second-order valence-corrected chi connectivity index (χ2v) is 2.61. The van der Waals surface area contributed by atoms with Crippen molar-refractivity contribution in [3.8, 4) is 0 Å². The Kier molecular flexibility index (Phi) is 3.42. The van der Waals surface area contributed by atoms with E-state index in [-0.39, 0.29) is 0 Å². The Labute approximate surface area is 65.4 Å². The van der Waals surface area contributed by atoms with Crippen LogP contribution >= 0.6 is 11.6 Å². The van der Waals surface area contributed by atoms with Crippen LogP contribution in [0, 0.1) is 0 Å². The highest BCUT2D eigenvalue weighted by Crippen LogP contribution is 2.08. The van der Waals surface area contributed by atoms with Crippen molar-refractivity contribution < 1.29 is 9.47 Å². The maximum atomic E-state index is 5.27. The topological polar surface area (TPSA) is 51.1 Å². The van der Waals surface area contributed by atoms with E-state index in [0.717, 1.165) is 13.2 Å². The molecule has 0 spiro atoms. The van der Waals surface area contributed by atoms with E-state index in [9.17, 15) is 0 Å². The van der Waals surface area contributed by atoms with Gasteiger partial charge in [-0.2, -0.15) is 0 Å². The summed E-state index contributed by atoms with van der Waals surface area (Å²) in [6, 6.07) is 0. The van der Waals surface area contributed by atoms with Gasteiger partial charge in [-0.15, -0.1) is 11.6 Å². The molecule has 60 valence electrons. The number of epoxide rings is 2. The fourth-order valence-corrected chi connectivity index (χ4v) is 0.539. The van der Waals surface area contributed by atoms with Crippen LogP contribution in [0.25, 0.3) is 0 Å². The molecule has 4 heteroatoms. The molecule has 2 heterocycles. The van der Waals surface area contributed by atoms with Gasteiger partial charge < -0.3 is 15.2 Å². The predicted molar refractivity (Wildman–Crippen MR) is 39.3 cm³/mol. The molecule has 0 saturated carbocycles. The van der Waals surface area contributed by atoms with Crippen LogP contribution < -0.4 is 5.73 Å². The summed E-state index contributed by atoms with van der Waals surface area (Å²) in [5.74, 6) is 0.667. The lowest BCUT2D eigenvalue weighted by Crippen LogP contribution is -2.05. The maximum absolute atomic E-state index is 5.27. The van der Waals surface area contributed by atoms with Crippen LogP contribution in [0.2, 0.25) is 0 Å². The van der Waals surface area contributed by atoms with Crippen molar-refractivity contribution in [2.45, 2.75) is 12.2 Å². The average molecular weight is 166 g/mol. The second kappa shape index (κ2) is 4.13. The first-order valence-corrected chi connectivity index (χ1v) is 3.89. The van der Waals surface area contributed by atoms with Gasteiger partial charge in [0, 0.05) is 6.54 Å². The van der Waals surface area contributed by atoms with Gasteiger partial charge in [0.05, 0.1) is 31.3 Å². The Morgan fingerprint density at radius 1 is 1.30 bits per heavy atom. The Morgan fingerprint density at radius 3 is 1.80 bits per heavy atom. The first-order valence-electron chi connectivity index (χ1n) is 3.36. The number of alkyl halides is 1. The molecule has 0 aromatic rings. The highest BCUT2D eigenvalue weighted by Gasteiger charge is 2.19. The summed E-state index contributed by atoms with van der Waals surface area (Å²) >= 11 is 5.27. The van der Waals surface area contributed by atoms with Crippen molar-refractivity contribution in [1.29, 1.82) is 0 Å². The fraction of sp³-hybridized carbons (Fsp3) is 1.00. The van der Waals surface area contributed by atoms with Gasteiger partial charge in [0.2, 0.25) is 0 Å². The van der Waals surface area contributed by atoms with E-state index >= 15 is 0 Å². The van der Waals surface area contributed by atoms with Crippen LogP contribution in [0.5, 0.6) is 0 Å². The van der Waals surface area contributed by atoms with Gasteiger partial charge in [0.25, 0.3) is 0 Å². The fourth-order valence-electron chi connectivity index (χ4n) is 0.361. The highest BCUT2D eigenvalue weighted by atomic mass is 35.5. The van der Waals surface area contributed by atoms with Gasteiger partial charge in [0.15, 0.2) is 0 Å². The predicted octanol–water partition coefficient (Wildman–Crippen LogP) is -0.0321. The van der Waals surface area contributed by atoms with Gasteiger partial charge >= 0.3 is 0 Å². The number of rotatable bonds is 2. The molecule has 10 heavy (non-hydrogen) atoms. The summed E-state index contributed by atoms with van der Waals surface area (Å²) < 4.78 is 9.46. The van der Waals surface area contributed by atoms with Crippen LogP contribution in [0.1, 0.15) is 0 Å². The molecule has 0 radical (unpaired) electrons. The lowest BCUT2D eigenvalue weighted by Gasteiger charge is -1.71. The van der Waals surface area contributed by atoms with Gasteiger partial charge in [-0.05, 0) is 0 Å². The zero-order valence-corrected chi connectivity index (χ0v) is 6.51. The third kappa shape index (κ3) is 4.06. The molecule has 2 fully saturated rings. The molecule has 2 N–H and O–H groups in total. The smallest absolute Gasteiger partial charge is 0.0944 e. The summed E-state index contributed by atoms with van der Waals surface area (Å²) in [4.78, 5) is 0. The van der Waals surface area contributed by atoms with E-state index in [2.05, 4.69) is 0 Å². The quantitative estimate of drug-likeness (QED) is 0.462. The number of nitrogens with two attached hydrogens (primary N) is 1. The zero-order chi connectivity index (χ0) is 7.40. The van der Waals surface area contributed by atoms with E-state index in [1.165, 1.54) is 0 Å². The molecule has 0 aromatic carbocycles. The summed E-state index contributed by atoms with van der Waals surface area (Å²) in [6.45, 7) is 2.46. The van der Waals surface area contributed by atoms with Crippen LogP contribution in [0.3, 0.4) is 0 Å². The Balaban J connectivity index is 0.0000001000. The van der Waals surface area contributed by atoms with Gasteiger partial charge in [-0.1, -0.05) is 0 Å². The molecule has 2 atom stereocenters. The molecule has 0 bridgehead atoms. The van der Waals surface area contributed by atoms with Crippen molar-refractivity contribution in [2.24, 2.45) is 5.73 Å². The number of ether oxygens (including phenoxy) is 2. The second-order valence-electron chi connectivity index (χ2n) is 2.30. The first kappa shape index (κ1) is 8.27. The lowest BCUT2D eigenvalue weighted by molar-refractivity contribution is 0.412. The normalized spacial score (nSPS) is 34.2. The molecule has 2 unspecified atom stereocenters. The molecule has 0 amide bonds. The Bertz CT molecular complexity index is 81.7. The van der Waals surface area contributed by atoms with E-state index in [0.29, 0.717) is 24.6 Å². The van der Waals surface area contributed by atoms with Crippen molar-refractivity contribution in [2.75, 3.05) is 25.6 Å². The van der Waals surface area contributed by atoms with Crippen molar-refractivity contribution in [3.63, 3.8) is 0 Å². The van der Waals surface area contributed by atoms with Crippen LogP contribution in [0.15, 0.2) is 0 Å². The minimum Gasteiger partial charge on any atom is -0.372 e. The molecule has 2 aliphatic rings. The summed E-state index contributed by atoms with van der Waals surface area (Å²) in [5, 5.41) is 0. The SMILES string of the molecule is ClCC1CO1.NCC1CO1. The molecular formula is C6H12ClNO2. The molecule has 3 nitrogen and oxygen atoms in total. The van der Waals surface area contributed by atoms with Crippen molar-refractivity contribution >= 4 is 11.6 Å². The zero-order valence-electron chi connectivity index (χ0n) is 5.75. The third-order valence-corrected chi connectivity index (χ3v) is 1.58. The summed E-state index contributed by atoms with van der Waals surface area (Å²) in [7, 11) is 0. The molecule has 0 aliphatic carbocycles. The molecule has 2 aliphatic heterocycles. The highest BCUT2D eigenvalue weighted by molar-refractivity contribution is 6.18. The largest absolute Gasteiger partial charge is 0.372 e. The molecule has 2 rings (SSSR count).